The quantitative estimate of drug-likeness (QED) is 0.615. The molecule has 0 aromatic carbocycles. The summed E-state index contributed by atoms with van der Waals surface area (Å²) in [7, 11) is 0. The lowest BCUT2D eigenvalue weighted by molar-refractivity contribution is 0.950. The second kappa shape index (κ2) is 3.45. The van der Waals surface area contributed by atoms with Gasteiger partial charge >= 0.3 is 0 Å². The van der Waals surface area contributed by atoms with E-state index in [9.17, 15) is 0 Å². The first kappa shape index (κ1) is 8.16. The van der Waals surface area contributed by atoms with E-state index in [1.54, 1.807) is 6.20 Å². The largest absolute Gasteiger partial charge is 0.325 e. The van der Waals surface area contributed by atoms with Crippen molar-refractivity contribution in [2.45, 2.75) is 6.54 Å². The Morgan fingerprint density at radius 2 is 2.40 bits per heavy atom. The Balaban J connectivity index is 3.09. The van der Waals surface area contributed by atoms with E-state index in [-0.39, 0.29) is 5.28 Å². The summed E-state index contributed by atoms with van der Waals surface area (Å²) in [6.07, 6.45) is 1.65. The number of hydrogen-bond donors (Lipinski definition) is 1. The van der Waals surface area contributed by atoms with Gasteiger partial charge in [-0.15, -0.1) is 0 Å². The van der Waals surface area contributed by atoms with Gasteiger partial charge in [-0.05, 0) is 34.2 Å². The summed E-state index contributed by atoms with van der Waals surface area (Å²) in [6.45, 7) is 0.403. The molecule has 0 aliphatic carbocycles. The molecule has 0 spiro atoms. The van der Waals surface area contributed by atoms with Crippen LogP contribution in [0.4, 0.5) is 0 Å². The summed E-state index contributed by atoms with van der Waals surface area (Å²) >= 11 is 7.63. The molecule has 3 nitrogen and oxygen atoms in total. The Labute approximate surface area is 77.1 Å². The van der Waals surface area contributed by atoms with Gasteiger partial charge in [-0.3, -0.25) is 0 Å². The van der Waals surface area contributed by atoms with Gasteiger partial charge in [0, 0.05) is 12.7 Å². The van der Waals surface area contributed by atoms with E-state index in [0.717, 1.165) is 9.26 Å². The molecule has 0 unspecified atom stereocenters. The third kappa shape index (κ3) is 1.77. The fourth-order valence-electron chi connectivity index (χ4n) is 0.521. The van der Waals surface area contributed by atoms with Gasteiger partial charge in [-0.25, -0.2) is 9.97 Å². The zero-order chi connectivity index (χ0) is 7.56. The molecule has 0 saturated carbocycles. The number of aromatic nitrogens is 2. The highest BCUT2D eigenvalue weighted by atomic mass is 127. The lowest BCUT2D eigenvalue weighted by Crippen LogP contribution is -2.03. The normalized spacial score (nSPS) is 9.90. The van der Waals surface area contributed by atoms with Crippen molar-refractivity contribution < 1.29 is 0 Å². The molecule has 5 heteroatoms. The maximum Gasteiger partial charge on any atom is 0.222 e. The molecule has 0 radical (unpaired) electrons. The van der Waals surface area contributed by atoms with E-state index in [1.807, 2.05) is 0 Å². The smallest absolute Gasteiger partial charge is 0.222 e. The summed E-state index contributed by atoms with van der Waals surface area (Å²) in [6, 6.07) is 0. The van der Waals surface area contributed by atoms with Gasteiger partial charge < -0.3 is 5.73 Å². The van der Waals surface area contributed by atoms with Crippen LogP contribution in [0.25, 0.3) is 0 Å². The van der Waals surface area contributed by atoms with Gasteiger partial charge in [-0.2, -0.15) is 0 Å². The van der Waals surface area contributed by atoms with Crippen molar-refractivity contribution in [2.24, 2.45) is 5.73 Å². The van der Waals surface area contributed by atoms with Crippen molar-refractivity contribution in [1.29, 1.82) is 0 Å². The predicted octanol–water partition coefficient (Wildman–Crippen LogP) is 1.19. The second-order valence-electron chi connectivity index (χ2n) is 1.64. The topological polar surface area (TPSA) is 51.8 Å². The molecule has 0 atom stereocenters. The number of halogens is 2. The zero-order valence-corrected chi connectivity index (χ0v) is 7.93. The Morgan fingerprint density at radius 3 is 2.90 bits per heavy atom. The van der Waals surface area contributed by atoms with E-state index >= 15 is 0 Å². The maximum atomic E-state index is 5.51. The lowest BCUT2D eigenvalue weighted by atomic mass is 10.4. The summed E-state index contributed by atoms with van der Waals surface area (Å²) in [5, 5.41) is 0.251. The zero-order valence-electron chi connectivity index (χ0n) is 5.01. The Kier molecular flexibility index (Phi) is 2.82. The summed E-state index contributed by atoms with van der Waals surface area (Å²) in [5.41, 5.74) is 6.16. The van der Waals surface area contributed by atoms with Crippen molar-refractivity contribution in [3.05, 3.63) is 20.7 Å². The van der Waals surface area contributed by atoms with Crippen LogP contribution < -0.4 is 5.73 Å². The molecule has 2 N–H and O–H groups in total. The fourth-order valence-corrected chi connectivity index (χ4v) is 1.15. The molecule has 0 aliphatic heterocycles. The summed E-state index contributed by atoms with van der Waals surface area (Å²) in [4.78, 5) is 7.69. The van der Waals surface area contributed by atoms with Gasteiger partial charge in [0.15, 0.2) is 0 Å². The third-order valence-corrected chi connectivity index (χ3v) is 2.06. The Bertz CT molecular complexity index is 240. The molecule has 0 amide bonds. The average molecular weight is 269 g/mol. The van der Waals surface area contributed by atoms with Crippen molar-refractivity contribution in [3.63, 3.8) is 0 Å². The fraction of sp³-hybridized carbons (Fsp3) is 0.200. The van der Waals surface area contributed by atoms with Gasteiger partial charge in [0.05, 0.1) is 9.26 Å². The minimum absolute atomic E-state index is 0.251. The summed E-state index contributed by atoms with van der Waals surface area (Å²) < 4.78 is 0.949. The molecule has 10 heavy (non-hydrogen) atoms. The number of hydrogen-bond acceptors (Lipinski definition) is 3. The molecule has 1 aromatic rings. The van der Waals surface area contributed by atoms with Crippen LogP contribution in [0, 0.1) is 3.57 Å². The monoisotopic (exact) mass is 269 g/mol. The highest BCUT2D eigenvalue weighted by Gasteiger charge is 1.99. The minimum atomic E-state index is 0.251. The molecule has 1 heterocycles. The number of nitrogens with zero attached hydrogens (tertiary/aromatic N) is 2. The number of nitrogens with two attached hydrogens (primary N) is 1. The van der Waals surface area contributed by atoms with Crippen LogP contribution in [-0.2, 0) is 6.54 Å². The Morgan fingerprint density at radius 1 is 1.70 bits per heavy atom. The standard InChI is InChI=1S/C5H5ClIN3/c6-5-9-2-3(7)4(1-8)10-5/h2H,1,8H2. The van der Waals surface area contributed by atoms with E-state index in [2.05, 4.69) is 32.6 Å². The molecule has 1 rings (SSSR count). The highest BCUT2D eigenvalue weighted by Crippen LogP contribution is 2.09. The van der Waals surface area contributed by atoms with Crippen molar-refractivity contribution in [3.8, 4) is 0 Å². The molecule has 0 fully saturated rings. The van der Waals surface area contributed by atoms with Crippen LogP contribution in [0.3, 0.4) is 0 Å². The van der Waals surface area contributed by atoms with Gasteiger partial charge in [-0.1, -0.05) is 0 Å². The molecular weight excluding hydrogens is 264 g/mol. The van der Waals surface area contributed by atoms with Gasteiger partial charge in [0.1, 0.15) is 0 Å². The Hall–Kier alpha value is 0.0600. The predicted molar refractivity (Wildman–Crippen MR) is 47.7 cm³/mol. The molecule has 1 aromatic heterocycles. The van der Waals surface area contributed by atoms with Gasteiger partial charge in [0.25, 0.3) is 0 Å². The van der Waals surface area contributed by atoms with E-state index in [1.165, 1.54) is 0 Å². The summed E-state index contributed by atoms with van der Waals surface area (Å²) in [5.74, 6) is 0. The van der Waals surface area contributed by atoms with Gasteiger partial charge in [0.2, 0.25) is 5.28 Å². The minimum Gasteiger partial charge on any atom is -0.325 e. The molecule has 0 saturated heterocycles. The first-order chi connectivity index (χ1) is 4.74. The lowest BCUT2D eigenvalue weighted by Gasteiger charge is -1.97. The average Bonchev–Trinajstić information content (AvgIpc) is 1.94. The van der Waals surface area contributed by atoms with E-state index in [4.69, 9.17) is 17.3 Å². The maximum absolute atomic E-state index is 5.51. The van der Waals surface area contributed by atoms with E-state index < -0.39 is 0 Å². The van der Waals surface area contributed by atoms with Crippen molar-refractivity contribution >= 4 is 34.2 Å². The second-order valence-corrected chi connectivity index (χ2v) is 3.14. The van der Waals surface area contributed by atoms with Crippen LogP contribution in [0.5, 0.6) is 0 Å². The van der Waals surface area contributed by atoms with Crippen LogP contribution in [0.1, 0.15) is 5.69 Å². The van der Waals surface area contributed by atoms with Crippen molar-refractivity contribution in [1.82, 2.24) is 9.97 Å². The van der Waals surface area contributed by atoms with E-state index in [0.29, 0.717) is 6.54 Å². The first-order valence-electron chi connectivity index (χ1n) is 2.61. The molecule has 0 aliphatic rings. The molecule has 54 valence electrons. The first-order valence-corrected chi connectivity index (χ1v) is 4.06. The molecular formula is C5H5ClIN3. The molecule has 0 bridgehead atoms. The van der Waals surface area contributed by atoms with Crippen molar-refractivity contribution in [2.75, 3.05) is 0 Å². The third-order valence-electron chi connectivity index (χ3n) is 0.981. The highest BCUT2D eigenvalue weighted by molar-refractivity contribution is 14.1. The van der Waals surface area contributed by atoms with Crippen LogP contribution in [-0.4, -0.2) is 9.97 Å². The van der Waals surface area contributed by atoms with Crippen LogP contribution in [0.2, 0.25) is 5.28 Å². The number of rotatable bonds is 1. The van der Waals surface area contributed by atoms with Crippen LogP contribution in [0.15, 0.2) is 6.20 Å². The SMILES string of the molecule is NCc1nc(Cl)ncc1I. The van der Waals surface area contributed by atoms with Crippen LogP contribution >= 0.6 is 34.2 Å².